The van der Waals surface area contributed by atoms with Crippen molar-refractivity contribution in [3.63, 3.8) is 0 Å². The van der Waals surface area contributed by atoms with E-state index in [0.29, 0.717) is 10.2 Å². The van der Waals surface area contributed by atoms with Crippen molar-refractivity contribution in [2.24, 2.45) is 0 Å². The lowest BCUT2D eigenvalue weighted by Crippen LogP contribution is -2.29. The van der Waals surface area contributed by atoms with Gasteiger partial charge in [0.1, 0.15) is 10.7 Å². The van der Waals surface area contributed by atoms with Crippen LogP contribution in [0.25, 0.3) is 0 Å². The molecule has 0 aromatic carbocycles. The van der Waals surface area contributed by atoms with Crippen LogP contribution in [-0.2, 0) is 9.47 Å². The minimum atomic E-state index is -0.309. The molecule has 1 saturated carbocycles. The molecule has 1 aliphatic rings. The zero-order chi connectivity index (χ0) is 13.0. The standard InChI is InChI=1S/C13H16BrNO3/c1-17-10-3-2-4-11(7-10)18-13(16)9-5-6-12(14)15-8-9/h5-6,8,10-11H,2-4,7H2,1H3. The lowest BCUT2D eigenvalue weighted by atomic mass is 9.95. The van der Waals surface area contributed by atoms with Crippen molar-refractivity contribution in [1.29, 1.82) is 0 Å². The predicted molar refractivity (Wildman–Crippen MR) is 70.4 cm³/mol. The fourth-order valence-corrected chi connectivity index (χ4v) is 2.37. The second-order valence-corrected chi connectivity index (χ2v) is 5.23. The van der Waals surface area contributed by atoms with Crippen LogP contribution in [0.15, 0.2) is 22.9 Å². The number of halogens is 1. The number of methoxy groups -OCH3 is 1. The molecule has 4 nitrogen and oxygen atoms in total. The smallest absolute Gasteiger partial charge is 0.339 e. The van der Waals surface area contributed by atoms with Gasteiger partial charge in [0, 0.05) is 19.7 Å². The van der Waals surface area contributed by atoms with Crippen molar-refractivity contribution < 1.29 is 14.3 Å². The molecule has 0 spiro atoms. The SMILES string of the molecule is COC1CCCC(OC(=O)c2ccc(Br)nc2)C1. The Morgan fingerprint density at radius 1 is 1.39 bits per heavy atom. The number of hydrogen-bond donors (Lipinski definition) is 0. The van der Waals surface area contributed by atoms with Gasteiger partial charge in [0.2, 0.25) is 0 Å². The number of carbonyl (C=O) groups is 1. The summed E-state index contributed by atoms with van der Waals surface area (Å²) >= 11 is 3.23. The molecule has 2 unspecified atom stereocenters. The highest BCUT2D eigenvalue weighted by atomic mass is 79.9. The summed E-state index contributed by atoms with van der Waals surface area (Å²) in [5.41, 5.74) is 0.484. The summed E-state index contributed by atoms with van der Waals surface area (Å²) in [5.74, 6) is -0.309. The molecule has 0 saturated heterocycles. The molecule has 2 rings (SSSR count). The monoisotopic (exact) mass is 313 g/mol. The Morgan fingerprint density at radius 2 is 2.17 bits per heavy atom. The van der Waals surface area contributed by atoms with Crippen LogP contribution in [0.4, 0.5) is 0 Å². The Kier molecular flexibility index (Phi) is 4.72. The van der Waals surface area contributed by atoms with E-state index in [2.05, 4.69) is 20.9 Å². The van der Waals surface area contributed by atoms with Crippen LogP contribution in [0, 0.1) is 0 Å². The Bertz CT molecular complexity index is 407. The average Bonchev–Trinajstić information content (AvgIpc) is 2.39. The minimum absolute atomic E-state index is 0.0418. The molecular formula is C13H16BrNO3. The van der Waals surface area contributed by atoms with E-state index >= 15 is 0 Å². The van der Waals surface area contributed by atoms with Crippen LogP contribution in [0.5, 0.6) is 0 Å². The van der Waals surface area contributed by atoms with Gasteiger partial charge in [0.25, 0.3) is 0 Å². The number of carbonyl (C=O) groups excluding carboxylic acids is 1. The number of aromatic nitrogens is 1. The number of ether oxygens (including phenoxy) is 2. The molecule has 0 aliphatic heterocycles. The highest BCUT2D eigenvalue weighted by Gasteiger charge is 2.25. The summed E-state index contributed by atoms with van der Waals surface area (Å²) in [6.07, 6.45) is 5.46. The van der Waals surface area contributed by atoms with E-state index in [1.54, 1.807) is 19.2 Å². The lowest BCUT2D eigenvalue weighted by Gasteiger charge is -2.27. The van der Waals surface area contributed by atoms with Gasteiger partial charge in [-0.3, -0.25) is 0 Å². The Labute approximate surface area is 115 Å². The Balaban J connectivity index is 1.92. The van der Waals surface area contributed by atoms with Gasteiger partial charge in [-0.15, -0.1) is 0 Å². The van der Waals surface area contributed by atoms with Crippen LogP contribution in [-0.4, -0.2) is 30.3 Å². The minimum Gasteiger partial charge on any atom is -0.459 e. The number of nitrogens with zero attached hydrogens (tertiary/aromatic N) is 1. The second kappa shape index (κ2) is 6.29. The summed E-state index contributed by atoms with van der Waals surface area (Å²) in [6.45, 7) is 0. The predicted octanol–water partition coefficient (Wildman–Crippen LogP) is 2.96. The van der Waals surface area contributed by atoms with E-state index < -0.39 is 0 Å². The average molecular weight is 314 g/mol. The lowest BCUT2D eigenvalue weighted by molar-refractivity contribution is -0.0149. The molecule has 0 N–H and O–H groups in total. The molecule has 1 heterocycles. The Morgan fingerprint density at radius 3 is 2.83 bits per heavy atom. The van der Waals surface area contributed by atoms with Gasteiger partial charge in [-0.05, 0) is 47.3 Å². The van der Waals surface area contributed by atoms with Gasteiger partial charge in [0.05, 0.1) is 11.7 Å². The highest BCUT2D eigenvalue weighted by molar-refractivity contribution is 9.10. The van der Waals surface area contributed by atoms with Crippen molar-refractivity contribution >= 4 is 21.9 Å². The molecule has 1 fully saturated rings. The molecule has 0 radical (unpaired) electrons. The maximum atomic E-state index is 11.9. The quantitative estimate of drug-likeness (QED) is 0.636. The van der Waals surface area contributed by atoms with Crippen molar-refractivity contribution in [2.75, 3.05) is 7.11 Å². The molecule has 0 amide bonds. The maximum absolute atomic E-state index is 11.9. The second-order valence-electron chi connectivity index (χ2n) is 4.42. The van der Waals surface area contributed by atoms with Gasteiger partial charge < -0.3 is 9.47 Å². The third kappa shape index (κ3) is 3.53. The largest absolute Gasteiger partial charge is 0.459 e. The summed E-state index contributed by atoms with van der Waals surface area (Å²) in [7, 11) is 1.70. The highest BCUT2D eigenvalue weighted by Crippen LogP contribution is 2.24. The van der Waals surface area contributed by atoms with Crippen LogP contribution < -0.4 is 0 Å². The molecule has 1 aromatic heterocycles. The molecule has 1 aromatic rings. The maximum Gasteiger partial charge on any atom is 0.339 e. The molecule has 2 atom stereocenters. The van der Waals surface area contributed by atoms with Crippen LogP contribution in [0.3, 0.4) is 0 Å². The number of esters is 1. The van der Waals surface area contributed by atoms with E-state index in [4.69, 9.17) is 9.47 Å². The fourth-order valence-electron chi connectivity index (χ4n) is 2.14. The summed E-state index contributed by atoms with van der Waals surface area (Å²) in [5, 5.41) is 0. The molecule has 5 heteroatoms. The summed E-state index contributed by atoms with van der Waals surface area (Å²) in [6, 6.07) is 3.44. The van der Waals surface area contributed by atoms with E-state index in [1.165, 1.54) is 6.20 Å². The Hall–Kier alpha value is -0.940. The summed E-state index contributed by atoms with van der Waals surface area (Å²) < 4.78 is 11.5. The van der Waals surface area contributed by atoms with Crippen molar-refractivity contribution in [2.45, 2.75) is 37.9 Å². The van der Waals surface area contributed by atoms with Gasteiger partial charge in [-0.2, -0.15) is 0 Å². The number of pyridine rings is 1. The van der Waals surface area contributed by atoms with Crippen molar-refractivity contribution in [3.8, 4) is 0 Å². The van der Waals surface area contributed by atoms with E-state index in [-0.39, 0.29) is 18.2 Å². The van der Waals surface area contributed by atoms with Crippen molar-refractivity contribution in [1.82, 2.24) is 4.98 Å². The van der Waals surface area contributed by atoms with E-state index in [0.717, 1.165) is 25.7 Å². The molecule has 98 valence electrons. The van der Waals surface area contributed by atoms with Crippen LogP contribution in [0.2, 0.25) is 0 Å². The number of hydrogen-bond acceptors (Lipinski definition) is 4. The number of rotatable bonds is 3. The molecule has 1 aliphatic carbocycles. The third-order valence-corrected chi connectivity index (χ3v) is 3.62. The topological polar surface area (TPSA) is 48.4 Å². The van der Waals surface area contributed by atoms with Crippen LogP contribution >= 0.6 is 15.9 Å². The normalized spacial score (nSPS) is 23.7. The first-order valence-corrected chi connectivity index (χ1v) is 6.83. The van der Waals surface area contributed by atoms with Gasteiger partial charge >= 0.3 is 5.97 Å². The molecule has 0 bridgehead atoms. The first kappa shape index (κ1) is 13.5. The van der Waals surface area contributed by atoms with Gasteiger partial charge in [-0.25, -0.2) is 9.78 Å². The van der Waals surface area contributed by atoms with E-state index in [9.17, 15) is 4.79 Å². The van der Waals surface area contributed by atoms with E-state index in [1.807, 2.05) is 0 Å². The first-order valence-electron chi connectivity index (χ1n) is 6.04. The zero-order valence-electron chi connectivity index (χ0n) is 10.3. The fraction of sp³-hybridized carbons (Fsp3) is 0.538. The van der Waals surface area contributed by atoms with Crippen molar-refractivity contribution in [3.05, 3.63) is 28.5 Å². The third-order valence-electron chi connectivity index (χ3n) is 3.15. The van der Waals surface area contributed by atoms with Crippen LogP contribution in [0.1, 0.15) is 36.0 Å². The molecular weight excluding hydrogens is 298 g/mol. The molecule has 18 heavy (non-hydrogen) atoms. The van der Waals surface area contributed by atoms with Gasteiger partial charge in [-0.1, -0.05) is 0 Å². The zero-order valence-corrected chi connectivity index (χ0v) is 11.9. The van der Waals surface area contributed by atoms with Gasteiger partial charge in [0.15, 0.2) is 0 Å². The summed E-state index contributed by atoms with van der Waals surface area (Å²) in [4.78, 5) is 15.9. The first-order chi connectivity index (χ1) is 8.69.